The Morgan fingerprint density at radius 2 is 2.00 bits per heavy atom. The minimum Gasteiger partial charge on any atom is -0.495 e. The zero-order valence-electron chi connectivity index (χ0n) is 15.9. The van der Waals surface area contributed by atoms with E-state index in [-0.39, 0.29) is 4.90 Å². The molecule has 0 saturated carbocycles. The molecule has 3 rings (SSSR count). The van der Waals surface area contributed by atoms with Gasteiger partial charge >= 0.3 is 0 Å². The highest BCUT2D eigenvalue weighted by atomic mass is 32.2. The van der Waals surface area contributed by atoms with E-state index in [1.807, 2.05) is 31.2 Å². The van der Waals surface area contributed by atoms with Crippen molar-refractivity contribution < 1.29 is 13.2 Å². The highest BCUT2D eigenvalue weighted by Crippen LogP contribution is 2.26. The number of benzene rings is 1. The Morgan fingerprint density at radius 3 is 2.63 bits per heavy atom. The molecule has 6 nitrogen and oxygen atoms in total. The first-order chi connectivity index (χ1) is 13.0. The van der Waals surface area contributed by atoms with Crippen molar-refractivity contribution in [1.82, 2.24) is 9.71 Å². The van der Waals surface area contributed by atoms with Crippen molar-refractivity contribution in [2.24, 2.45) is 5.92 Å². The number of methoxy groups -OCH3 is 1. The monoisotopic (exact) mass is 389 g/mol. The molecule has 1 fully saturated rings. The molecule has 0 atom stereocenters. The highest BCUT2D eigenvalue weighted by molar-refractivity contribution is 7.89. The Labute approximate surface area is 161 Å². The first-order valence-electron chi connectivity index (χ1n) is 9.36. The van der Waals surface area contributed by atoms with Crippen LogP contribution < -0.4 is 14.4 Å². The molecule has 1 aliphatic rings. The van der Waals surface area contributed by atoms with E-state index in [0.717, 1.165) is 43.7 Å². The molecule has 1 N–H and O–H groups in total. The molecule has 2 aromatic rings. The van der Waals surface area contributed by atoms with Crippen molar-refractivity contribution >= 4 is 15.8 Å². The molecule has 1 saturated heterocycles. The zero-order chi connectivity index (χ0) is 19.3. The topological polar surface area (TPSA) is 71.5 Å². The molecule has 1 aromatic heterocycles. The van der Waals surface area contributed by atoms with Crippen molar-refractivity contribution in [3.8, 4) is 5.75 Å². The highest BCUT2D eigenvalue weighted by Gasteiger charge is 2.24. The number of rotatable bonds is 7. The Bertz CT molecular complexity index is 848. The SMILES string of the molecule is CCc1ccc(OC)c(S(=O)(=O)NCC2CCN(c3ccccn3)CC2)c1. The number of pyridine rings is 1. The average Bonchev–Trinajstić information content (AvgIpc) is 2.73. The minimum atomic E-state index is -3.60. The third kappa shape index (κ3) is 4.78. The maximum Gasteiger partial charge on any atom is 0.244 e. The van der Waals surface area contributed by atoms with Crippen LogP contribution in [0.1, 0.15) is 25.3 Å². The fourth-order valence-corrected chi connectivity index (χ4v) is 4.70. The Hall–Kier alpha value is -2.12. The van der Waals surface area contributed by atoms with E-state index in [4.69, 9.17) is 4.74 Å². The van der Waals surface area contributed by atoms with E-state index < -0.39 is 10.0 Å². The average molecular weight is 390 g/mol. The van der Waals surface area contributed by atoms with Gasteiger partial charge in [-0.1, -0.05) is 19.1 Å². The Balaban J connectivity index is 1.60. The van der Waals surface area contributed by atoms with E-state index in [2.05, 4.69) is 14.6 Å². The molecule has 7 heteroatoms. The summed E-state index contributed by atoms with van der Waals surface area (Å²) in [5, 5.41) is 0. The molecule has 0 radical (unpaired) electrons. The van der Waals surface area contributed by atoms with Gasteiger partial charge in [-0.2, -0.15) is 0 Å². The van der Waals surface area contributed by atoms with E-state index in [0.29, 0.717) is 18.2 Å². The van der Waals surface area contributed by atoms with Crippen LogP contribution in [-0.2, 0) is 16.4 Å². The number of aromatic nitrogens is 1. The van der Waals surface area contributed by atoms with Crippen LogP contribution in [0.15, 0.2) is 47.5 Å². The van der Waals surface area contributed by atoms with Crippen LogP contribution in [0.3, 0.4) is 0 Å². The molecule has 146 valence electrons. The number of ether oxygens (including phenoxy) is 1. The van der Waals surface area contributed by atoms with E-state index in [1.54, 1.807) is 18.3 Å². The predicted molar refractivity (Wildman–Crippen MR) is 107 cm³/mol. The molecule has 2 heterocycles. The third-order valence-corrected chi connectivity index (χ3v) is 6.52. The van der Waals surface area contributed by atoms with Crippen LogP contribution in [-0.4, -0.2) is 40.1 Å². The van der Waals surface area contributed by atoms with Crippen LogP contribution in [0.5, 0.6) is 5.75 Å². The summed E-state index contributed by atoms with van der Waals surface area (Å²) < 4.78 is 33.6. The second-order valence-corrected chi connectivity index (χ2v) is 8.54. The molecular formula is C20H27N3O3S. The van der Waals surface area contributed by atoms with Gasteiger partial charge in [0.2, 0.25) is 10.0 Å². The Kier molecular flexibility index (Phi) is 6.34. The lowest BCUT2D eigenvalue weighted by Crippen LogP contribution is -2.39. The number of aryl methyl sites for hydroxylation is 1. The lowest BCUT2D eigenvalue weighted by atomic mass is 9.97. The number of nitrogens with one attached hydrogen (secondary N) is 1. The summed E-state index contributed by atoms with van der Waals surface area (Å²) in [5.74, 6) is 1.68. The smallest absolute Gasteiger partial charge is 0.244 e. The van der Waals surface area contributed by atoms with Crippen LogP contribution in [0.2, 0.25) is 0 Å². The number of hydrogen-bond acceptors (Lipinski definition) is 5. The van der Waals surface area contributed by atoms with Gasteiger partial charge in [0.15, 0.2) is 0 Å². The van der Waals surface area contributed by atoms with E-state index in [1.165, 1.54) is 7.11 Å². The molecular weight excluding hydrogens is 362 g/mol. The standard InChI is InChI=1S/C20H27N3O3S/c1-3-16-7-8-18(26-2)19(14-16)27(24,25)22-15-17-9-12-23(13-10-17)20-6-4-5-11-21-20/h4-8,11,14,17,22H,3,9-10,12-13,15H2,1-2H3. The van der Waals surface area contributed by atoms with E-state index >= 15 is 0 Å². The molecule has 1 aliphatic heterocycles. The van der Waals surface area contributed by atoms with Gasteiger partial charge in [-0.25, -0.2) is 18.1 Å². The number of sulfonamides is 1. The van der Waals surface area contributed by atoms with Crippen molar-refractivity contribution in [2.45, 2.75) is 31.1 Å². The van der Waals surface area contributed by atoms with Crippen LogP contribution >= 0.6 is 0 Å². The zero-order valence-corrected chi connectivity index (χ0v) is 16.7. The van der Waals surface area contributed by atoms with Crippen LogP contribution in [0, 0.1) is 5.92 Å². The second kappa shape index (κ2) is 8.71. The quantitative estimate of drug-likeness (QED) is 0.788. The van der Waals surface area contributed by atoms with Gasteiger partial charge in [0.05, 0.1) is 7.11 Å². The van der Waals surface area contributed by atoms with Gasteiger partial charge in [-0.3, -0.25) is 0 Å². The number of piperidine rings is 1. The van der Waals surface area contributed by atoms with Crippen LogP contribution in [0.4, 0.5) is 5.82 Å². The van der Waals surface area contributed by atoms with Gasteiger partial charge in [0.25, 0.3) is 0 Å². The molecule has 0 aliphatic carbocycles. The summed E-state index contributed by atoms with van der Waals surface area (Å²) in [5.41, 5.74) is 0.972. The van der Waals surface area contributed by atoms with E-state index in [9.17, 15) is 8.42 Å². The number of nitrogens with zero attached hydrogens (tertiary/aromatic N) is 2. The molecule has 0 bridgehead atoms. The first kappa shape index (κ1) is 19.6. The largest absolute Gasteiger partial charge is 0.495 e. The number of hydrogen-bond donors (Lipinski definition) is 1. The Morgan fingerprint density at radius 1 is 1.22 bits per heavy atom. The molecule has 0 unspecified atom stereocenters. The van der Waals surface area contributed by atoms with Crippen molar-refractivity contribution in [3.63, 3.8) is 0 Å². The molecule has 1 aromatic carbocycles. The lowest BCUT2D eigenvalue weighted by molar-refractivity contribution is 0.395. The summed E-state index contributed by atoms with van der Waals surface area (Å²) in [6, 6.07) is 11.2. The summed E-state index contributed by atoms with van der Waals surface area (Å²) in [6.45, 7) is 4.22. The van der Waals surface area contributed by atoms with Gasteiger partial charge in [-0.05, 0) is 55.0 Å². The van der Waals surface area contributed by atoms with Crippen molar-refractivity contribution in [2.75, 3.05) is 31.6 Å². The second-order valence-electron chi connectivity index (χ2n) is 6.81. The normalized spacial score (nSPS) is 15.7. The minimum absolute atomic E-state index is 0.218. The van der Waals surface area contributed by atoms with Gasteiger partial charge < -0.3 is 9.64 Å². The fourth-order valence-electron chi connectivity index (χ4n) is 3.36. The summed E-state index contributed by atoms with van der Waals surface area (Å²) >= 11 is 0. The maximum atomic E-state index is 12.8. The predicted octanol–water partition coefficient (Wildman–Crippen LogP) is 2.85. The lowest BCUT2D eigenvalue weighted by Gasteiger charge is -2.32. The van der Waals surface area contributed by atoms with Crippen molar-refractivity contribution in [3.05, 3.63) is 48.2 Å². The molecule has 0 amide bonds. The molecule has 0 spiro atoms. The van der Waals surface area contributed by atoms with Gasteiger partial charge in [-0.15, -0.1) is 0 Å². The summed E-state index contributed by atoms with van der Waals surface area (Å²) in [4.78, 5) is 6.85. The first-order valence-corrected chi connectivity index (χ1v) is 10.8. The number of anilines is 1. The maximum absolute atomic E-state index is 12.8. The van der Waals surface area contributed by atoms with Crippen molar-refractivity contribution in [1.29, 1.82) is 0 Å². The molecule has 27 heavy (non-hydrogen) atoms. The summed E-state index contributed by atoms with van der Waals surface area (Å²) in [6.07, 6.45) is 4.45. The van der Waals surface area contributed by atoms with Gasteiger partial charge in [0.1, 0.15) is 16.5 Å². The van der Waals surface area contributed by atoms with Crippen LogP contribution in [0.25, 0.3) is 0 Å². The van der Waals surface area contributed by atoms with Gasteiger partial charge in [0, 0.05) is 25.8 Å². The third-order valence-electron chi connectivity index (χ3n) is 5.08. The summed E-state index contributed by atoms with van der Waals surface area (Å²) in [7, 11) is -2.11. The fraction of sp³-hybridized carbons (Fsp3) is 0.450.